The predicted molar refractivity (Wildman–Crippen MR) is 68.6 cm³/mol. The summed E-state index contributed by atoms with van der Waals surface area (Å²) in [7, 11) is 0. The average molecular weight is 246 g/mol. The van der Waals surface area contributed by atoms with Gasteiger partial charge in [-0.15, -0.1) is 0 Å². The molecule has 0 N–H and O–H groups in total. The first-order valence-corrected chi connectivity index (χ1v) is 6.09. The Morgan fingerprint density at radius 3 is 2.67 bits per heavy atom. The van der Waals surface area contributed by atoms with Gasteiger partial charge in [-0.05, 0) is 37.0 Å². The van der Waals surface area contributed by atoms with Crippen molar-refractivity contribution in [3.05, 3.63) is 41.0 Å². The van der Waals surface area contributed by atoms with Gasteiger partial charge < -0.3 is 9.26 Å². The van der Waals surface area contributed by atoms with E-state index in [1.807, 2.05) is 6.92 Å². The fraction of sp³-hybridized carbons (Fsp3) is 0.429. The molecule has 0 atom stereocenters. The van der Waals surface area contributed by atoms with Crippen LogP contribution in [0.5, 0.6) is 5.75 Å². The third kappa shape index (κ3) is 2.88. The number of nitrogens with zero attached hydrogens (tertiary/aromatic N) is 2. The molecular weight excluding hydrogens is 228 g/mol. The Hall–Kier alpha value is -1.84. The Bertz CT molecular complexity index is 532. The van der Waals surface area contributed by atoms with E-state index in [0.717, 1.165) is 11.3 Å². The summed E-state index contributed by atoms with van der Waals surface area (Å²) in [5, 5.41) is 3.73. The van der Waals surface area contributed by atoms with Gasteiger partial charge in [-0.2, -0.15) is 4.98 Å². The molecule has 2 rings (SSSR count). The van der Waals surface area contributed by atoms with E-state index in [9.17, 15) is 0 Å². The molecule has 0 spiro atoms. The quantitative estimate of drug-likeness (QED) is 0.829. The highest BCUT2D eigenvalue weighted by Crippen LogP contribution is 2.24. The van der Waals surface area contributed by atoms with Crippen LogP contribution < -0.4 is 4.74 Å². The molecule has 0 aliphatic rings. The molecule has 4 heteroatoms. The normalized spacial score (nSPS) is 10.9. The zero-order chi connectivity index (χ0) is 13.1. The molecule has 0 saturated carbocycles. The fourth-order valence-corrected chi connectivity index (χ4v) is 1.67. The Morgan fingerprint density at radius 1 is 1.28 bits per heavy atom. The summed E-state index contributed by atoms with van der Waals surface area (Å²) in [4.78, 5) is 4.11. The fourth-order valence-electron chi connectivity index (χ4n) is 1.67. The lowest BCUT2D eigenvalue weighted by molar-refractivity contribution is 0.241. The molecule has 0 bridgehead atoms. The average Bonchev–Trinajstić information content (AvgIpc) is 2.74. The second kappa shape index (κ2) is 5.21. The number of rotatable bonds is 4. The second-order valence-corrected chi connectivity index (χ2v) is 4.70. The van der Waals surface area contributed by atoms with Crippen LogP contribution in [0.25, 0.3) is 0 Å². The van der Waals surface area contributed by atoms with Crippen LogP contribution in [0.2, 0.25) is 0 Å². The van der Waals surface area contributed by atoms with Gasteiger partial charge in [0.1, 0.15) is 5.75 Å². The van der Waals surface area contributed by atoms with Crippen LogP contribution in [-0.4, -0.2) is 10.1 Å². The zero-order valence-corrected chi connectivity index (χ0v) is 11.2. The van der Waals surface area contributed by atoms with Crippen LogP contribution in [-0.2, 0) is 6.61 Å². The van der Waals surface area contributed by atoms with E-state index < -0.39 is 0 Å². The molecule has 0 amide bonds. The van der Waals surface area contributed by atoms with Crippen LogP contribution in [0.1, 0.15) is 42.6 Å². The monoisotopic (exact) mass is 246 g/mol. The Kier molecular flexibility index (Phi) is 3.65. The van der Waals surface area contributed by atoms with Crippen molar-refractivity contribution in [3.63, 3.8) is 0 Å². The summed E-state index contributed by atoms with van der Waals surface area (Å²) >= 11 is 0. The maximum absolute atomic E-state index is 5.73. The van der Waals surface area contributed by atoms with E-state index in [-0.39, 0.29) is 0 Å². The number of ether oxygens (including phenoxy) is 1. The molecule has 0 aliphatic carbocycles. The van der Waals surface area contributed by atoms with E-state index in [0.29, 0.717) is 24.2 Å². The summed E-state index contributed by atoms with van der Waals surface area (Å²) in [6, 6.07) is 6.27. The first-order chi connectivity index (χ1) is 8.56. The Balaban J connectivity index is 2.10. The molecular formula is C14H18N2O2. The van der Waals surface area contributed by atoms with Crippen molar-refractivity contribution in [2.75, 3.05) is 0 Å². The van der Waals surface area contributed by atoms with Gasteiger partial charge in [0, 0.05) is 0 Å². The van der Waals surface area contributed by atoms with Crippen molar-refractivity contribution in [3.8, 4) is 5.75 Å². The van der Waals surface area contributed by atoms with E-state index in [1.165, 1.54) is 5.56 Å². The number of hydrogen-bond acceptors (Lipinski definition) is 4. The van der Waals surface area contributed by atoms with Crippen molar-refractivity contribution in [2.45, 2.75) is 40.2 Å². The largest absolute Gasteiger partial charge is 0.483 e. The molecule has 1 heterocycles. The lowest BCUT2D eigenvalue weighted by atomic mass is 10.0. The van der Waals surface area contributed by atoms with Crippen molar-refractivity contribution in [1.82, 2.24) is 10.1 Å². The van der Waals surface area contributed by atoms with Gasteiger partial charge in [0.25, 0.3) is 5.89 Å². The van der Waals surface area contributed by atoms with Crippen molar-refractivity contribution >= 4 is 0 Å². The first kappa shape index (κ1) is 12.6. The molecule has 1 aromatic heterocycles. The summed E-state index contributed by atoms with van der Waals surface area (Å²) in [6.07, 6.45) is 0. The molecule has 0 fully saturated rings. The molecule has 0 aliphatic heterocycles. The third-order valence-electron chi connectivity index (χ3n) is 2.80. The summed E-state index contributed by atoms with van der Waals surface area (Å²) in [5.74, 6) is 2.48. The highest BCUT2D eigenvalue weighted by atomic mass is 16.5. The van der Waals surface area contributed by atoms with Crippen LogP contribution in [0.15, 0.2) is 22.7 Å². The standard InChI is InChI=1S/C14H18N2O2/c1-9(2)12-6-5-10(3)13(7-12)17-8-14-15-11(4)16-18-14/h5-7,9H,8H2,1-4H3. The summed E-state index contributed by atoms with van der Waals surface area (Å²) < 4.78 is 10.7. The maximum Gasteiger partial charge on any atom is 0.264 e. The summed E-state index contributed by atoms with van der Waals surface area (Å²) in [5.41, 5.74) is 2.37. The lowest BCUT2D eigenvalue weighted by Crippen LogP contribution is -1.99. The van der Waals surface area contributed by atoms with Gasteiger partial charge >= 0.3 is 0 Å². The number of benzene rings is 1. The molecule has 96 valence electrons. The van der Waals surface area contributed by atoms with Crippen LogP contribution in [0.4, 0.5) is 0 Å². The van der Waals surface area contributed by atoms with E-state index in [1.54, 1.807) is 6.92 Å². The van der Waals surface area contributed by atoms with Crippen molar-refractivity contribution < 1.29 is 9.26 Å². The minimum atomic E-state index is 0.309. The smallest absolute Gasteiger partial charge is 0.264 e. The van der Waals surface area contributed by atoms with Gasteiger partial charge in [0.05, 0.1) is 0 Å². The lowest BCUT2D eigenvalue weighted by Gasteiger charge is -2.11. The van der Waals surface area contributed by atoms with E-state index >= 15 is 0 Å². The minimum Gasteiger partial charge on any atom is -0.483 e. The van der Waals surface area contributed by atoms with Crippen LogP contribution >= 0.6 is 0 Å². The van der Waals surface area contributed by atoms with Crippen molar-refractivity contribution in [1.29, 1.82) is 0 Å². The third-order valence-corrected chi connectivity index (χ3v) is 2.80. The maximum atomic E-state index is 5.73. The Labute approximate surface area is 107 Å². The van der Waals surface area contributed by atoms with Crippen molar-refractivity contribution in [2.24, 2.45) is 0 Å². The molecule has 2 aromatic rings. The highest BCUT2D eigenvalue weighted by molar-refractivity contribution is 5.37. The highest BCUT2D eigenvalue weighted by Gasteiger charge is 2.07. The topological polar surface area (TPSA) is 48.2 Å². The van der Waals surface area contributed by atoms with Gasteiger partial charge in [-0.3, -0.25) is 0 Å². The van der Waals surface area contributed by atoms with Gasteiger partial charge in [-0.1, -0.05) is 31.1 Å². The van der Waals surface area contributed by atoms with E-state index in [2.05, 4.69) is 42.2 Å². The van der Waals surface area contributed by atoms with Gasteiger partial charge in [-0.25, -0.2) is 0 Å². The molecule has 1 aromatic carbocycles. The number of aryl methyl sites for hydroxylation is 2. The van der Waals surface area contributed by atoms with Crippen LogP contribution in [0.3, 0.4) is 0 Å². The minimum absolute atomic E-state index is 0.309. The zero-order valence-electron chi connectivity index (χ0n) is 11.2. The number of hydrogen-bond donors (Lipinski definition) is 0. The van der Waals surface area contributed by atoms with Gasteiger partial charge in [0.2, 0.25) is 0 Å². The molecule has 0 saturated heterocycles. The summed E-state index contributed by atoms with van der Waals surface area (Å²) in [6.45, 7) is 8.45. The van der Waals surface area contributed by atoms with E-state index in [4.69, 9.17) is 9.26 Å². The molecule has 0 radical (unpaired) electrons. The molecule has 0 unspecified atom stereocenters. The first-order valence-electron chi connectivity index (χ1n) is 6.09. The predicted octanol–water partition coefficient (Wildman–Crippen LogP) is 3.39. The van der Waals surface area contributed by atoms with Gasteiger partial charge in [0.15, 0.2) is 12.4 Å². The molecule has 18 heavy (non-hydrogen) atoms. The number of aromatic nitrogens is 2. The SMILES string of the molecule is Cc1noc(COc2cc(C(C)C)ccc2C)n1. The molecule has 4 nitrogen and oxygen atoms in total. The van der Waals surface area contributed by atoms with Crippen LogP contribution in [0, 0.1) is 13.8 Å². The Morgan fingerprint density at radius 2 is 2.06 bits per heavy atom. The second-order valence-electron chi connectivity index (χ2n) is 4.70.